The maximum absolute atomic E-state index is 11.9. The fraction of sp³-hybridized carbons (Fsp3) is 0.500. The van der Waals surface area contributed by atoms with Crippen LogP contribution in [0.4, 0.5) is 18.9 Å². The third-order valence-electron chi connectivity index (χ3n) is 2.30. The minimum atomic E-state index is -4.05. The summed E-state index contributed by atoms with van der Waals surface area (Å²) in [6.45, 7) is 2.40. The summed E-state index contributed by atoms with van der Waals surface area (Å²) in [4.78, 5) is 0. The van der Waals surface area contributed by atoms with Crippen LogP contribution in [0.2, 0.25) is 0 Å². The van der Waals surface area contributed by atoms with Gasteiger partial charge in [-0.05, 0) is 30.5 Å². The Labute approximate surface area is 93.7 Å². The standard InChI is InChI=1S/C12H16F3N/c1-2-10-5-3-6-11(9-10)16-8-4-7-12(13,14)15/h3,5-6,9,16H,2,4,7-8H2,1H3. The fourth-order valence-corrected chi connectivity index (χ4v) is 1.42. The predicted molar refractivity (Wildman–Crippen MR) is 59.6 cm³/mol. The largest absolute Gasteiger partial charge is 0.389 e. The van der Waals surface area contributed by atoms with E-state index in [1.54, 1.807) is 0 Å². The first-order valence-corrected chi connectivity index (χ1v) is 5.41. The number of nitrogens with one attached hydrogen (secondary N) is 1. The van der Waals surface area contributed by atoms with Crippen molar-refractivity contribution in [1.29, 1.82) is 0 Å². The summed E-state index contributed by atoms with van der Waals surface area (Å²) in [5, 5.41) is 2.99. The number of benzene rings is 1. The molecular weight excluding hydrogens is 215 g/mol. The van der Waals surface area contributed by atoms with Gasteiger partial charge >= 0.3 is 6.18 Å². The molecule has 0 unspecified atom stereocenters. The van der Waals surface area contributed by atoms with Crippen LogP contribution in [0.3, 0.4) is 0 Å². The van der Waals surface area contributed by atoms with Crippen molar-refractivity contribution in [3.8, 4) is 0 Å². The van der Waals surface area contributed by atoms with Gasteiger partial charge in [-0.2, -0.15) is 13.2 Å². The van der Waals surface area contributed by atoms with Crippen LogP contribution in [0.15, 0.2) is 24.3 Å². The third kappa shape index (κ3) is 5.05. The summed E-state index contributed by atoms with van der Waals surface area (Å²) in [5.74, 6) is 0. The normalized spacial score (nSPS) is 11.5. The average Bonchev–Trinajstić information content (AvgIpc) is 2.23. The Morgan fingerprint density at radius 3 is 2.62 bits per heavy atom. The Morgan fingerprint density at radius 1 is 1.25 bits per heavy atom. The van der Waals surface area contributed by atoms with E-state index in [9.17, 15) is 13.2 Å². The zero-order chi connectivity index (χ0) is 12.0. The number of anilines is 1. The fourth-order valence-electron chi connectivity index (χ4n) is 1.42. The number of hydrogen-bond acceptors (Lipinski definition) is 1. The van der Waals surface area contributed by atoms with Gasteiger partial charge in [0.15, 0.2) is 0 Å². The van der Waals surface area contributed by atoms with Gasteiger partial charge in [0.1, 0.15) is 0 Å². The molecule has 4 heteroatoms. The summed E-state index contributed by atoms with van der Waals surface area (Å²) < 4.78 is 35.6. The molecule has 16 heavy (non-hydrogen) atoms. The molecule has 0 saturated heterocycles. The molecule has 0 aliphatic carbocycles. The lowest BCUT2D eigenvalue weighted by molar-refractivity contribution is -0.134. The molecule has 90 valence electrons. The molecule has 1 N–H and O–H groups in total. The van der Waals surface area contributed by atoms with E-state index in [0.717, 1.165) is 12.1 Å². The molecule has 1 nitrogen and oxygen atoms in total. The monoisotopic (exact) mass is 231 g/mol. The quantitative estimate of drug-likeness (QED) is 0.755. The molecule has 0 radical (unpaired) electrons. The molecule has 0 bridgehead atoms. The lowest BCUT2D eigenvalue weighted by atomic mass is 10.1. The Kier molecular flexibility index (Phi) is 4.65. The van der Waals surface area contributed by atoms with E-state index in [1.165, 1.54) is 5.56 Å². The number of hydrogen-bond donors (Lipinski definition) is 1. The Bertz CT molecular complexity index is 320. The van der Waals surface area contributed by atoms with E-state index < -0.39 is 12.6 Å². The highest BCUT2D eigenvalue weighted by atomic mass is 19.4. The van der Waals surface area contributed by atoms with Crippen LogP contribution in [-0.4, -0.2) is 12.7 Å². The zero-order valence-electron chi connectivity index (χ0n) is 9.27. The molecule has 0 spiro atoms. The maximum atomic E-state index is 11.9. The molecule has 1 aromatic rings. The minimum absolute atomic E-state index is 0.111. The first-order chi connectivity index (χ1) is 7.51. The number of rotatable bonds is 5. The predicted octanol–water partition coefficient (Wildman–Crippen LogP) is 4.00. The van der Waals surface area contributed by atoms with Crippen molar-refractivity contribution >= 4 is 5.69 Å². The molecule has 0 amide bonds. The van der Waals surface area contributed by atoms with Gasteiger partial charge in [-0.25, -0.2) is 0 Å². The van der Waals surface area contributed by atoms with Gasteiger partial charge in [0, 0.05) is 18.7 Å². The lowest BCUT2D eigenvalue weighted by Crippen LogP contribution is -2.10. The summed E-state index contributed by atoms with van der Waals surface area (Å²) in [6, 6.07) is 7.74. The van der Waals surface area contributed by atoms with Gasteiger partial charge in [-0.3, -0.25) is 0 Å². The van der Waals surface area contributed by atoms with Crippen LogP contribution in [0.1, 0.15) is 25.3 Å². The molecule has 0 heterocycles. The van der Waals surface area contributed by atoms with Crippen LogP contribution in [0.25, 0.3) is 0 Å². The van der Waals surface area contributed by atoms with Crippen molar-refractivity contribution in [2.45, 2.75) is 32.4 Å². The third-order valence-corrected chi connectivity index (χ3v) is 2.30. The van der Waals surface area contributed by atoms with Crippen molar-refractivity contribution in [2.24, 2.45) is 0 Å². The lowest BCUT2D eigenvalue weighted by Gasteiger charge is -2.09. The number of aryl methyl sites for hydroxylation is 1. The van der Waals surface area contributed by atoms with Gasteiger partial charge in [0.2, 0.25) is 0 Å². The smallest absolute Gasteiger partial charge is 0.385 e. The van der Waals surface area contributed by atoms with E-state index in [0.29, 0.717) is 6.54 Å². The molecule has 0 aliphatic rings. The second-order valence-electron chi connectivity index (χ2n) is 3.70. The highest BCUT2D eigenvalue weighted by Gasteiger charge is 2.25. The van der Waals surface area contributed by atoms with Crippen molar-refractivity contribution in [3.05, 3.63) is 29.8 Å². The van der Waals surface area contributed by atoms with Crippen molar-refractivity contribution in [3.63, 3.8) is 0 Å². The maximum Gasteiger partial charge on any atom is 0.389 e. The summed E-state index contributed by atoms with van der Waals surface area (Å²) >= 11 is 0. The Balaban J connectivity index is 2.32. The molecule has 1 aromatic carbocycles. The van der Waals surface area contributed by atoms with Gasteiger partial charge < -0.3 is 5.32 Å². The second-order valence-corrected chi connectivity index (χ2v) is 3.70. The highest BCUT2D eigenvalue weighted by Crippen LogP contribution is 2.21. The number of alkyl halides is 3. The topological polar surface area (TPSA) is 12.0 Å². The van der Waals surface area contributed by atoms with E-state index in [-0.39, 0.29) is 6.42 Å². The molecule has 1 rings (SSSR count). The van der Waals surface area contributed by atoms with Gasteiger partial charge in [0.05, 0.1) is 0 Å². The van der Waals surface area contributed by atoms with Gasteiger partial charge in [-0.1, -0.05) is 19.1 Å². The second kappa shape index (κ2) is 5.77. The van der Waals surface area contributed by atoms with Crippen molar-refractivity contribution < 1.29 is 13.2 Å². The van der Waals surface area contributed by atoms with E-state index in [4.69, 9.17) is 0 Å². The summed E-state index contributed by atoms with van der Waals surface area (Å²) in [6.07, 6.45) is -3.74. The Morgan fingerprint density at radius 2 is 2.00 bits per heavy atom. The van der Waals surface area contributed by atoms with Gasteiger partial charge in [-0.15, -0.1) is 0 Å². The first-order valence-electron chi connectivity index (χ1n) is 5.41. The van der Waals surface area contributed by atoms with Crippen LogP contribution >= 0.6 is 0 Å². The summed E-state index contributed by atoms with van der Waals surface area (Å²) in [7, 11) is 0. The van der Waals surface area contributed by atoms with E-state index in [1.807, 2.05) is 31.2 Å². The zero-order valence-corrected chi connectivity index (χ0v) is 9.27. The van der Waals surface area contributed by atoms with E-state index in [2.05, 4.69) is 5.32 Å². The molecule has 0 aliphatic heterocycles. The molecular formula is C12H16F3N. The average molecular weight is 231 g/mol. The van der Waals surface area contributed by atoms with Crippen molar-refractivity contribution in [2.75, 3.05) is 11.9 Å². The molecule has 0 saturated carbocycles. The first kappa shape index (κ1) is 12.9. The van der Waals surface area contributed by atoms with E-state index >= 15 is 0 Å². The van der Waals surface area contributed by atoms with Crippen LogP contribution in [-0.2, 0) is 6.42 Å². The molecule has 0 atom stereocenters. The summed E-state index contributed by atoms with van der Waals surface area (Å²) in [5.41, 5.74) is 2.07. The minimum Gasteiger partial charge on any atom is -0.385 e. The molecule has 0 aromatic heterocycles. The Hall–Kier alpha value is -1.19. The van der Waals surface area contributed by atoms with Gasteiger partial charge in [0.25, 0.3) is 0 Å². The van der Waals surface area contributed by atoms with Crippen LogP contribution < -0.4 is 5.32 Å². The van der Waals surface area contributed by atoms with Crippen LogP contribution in [0, 0.1) is 0 Å². The number of halogens is 3. The highest BCUT2D eigenvalue weighted by molar-refractivity contribution is 5.45. The SMILES string of the molecule is CCc1cccc(NCCCC(F)(F)F)c1. The molecule has 0 fully saturated rings. The van der Waals surface area contributed by atoms with Crippen molar-refractivity contribution in [1.82, 2.24) is 0 Å². The van der Waals surface area contributed by atoms with Crippen LogP contribution in [0.5, 0.6) is 0 Å².